The van der Waals surface area contributed by atoms with Gasteiger partial charge in [0.1, 0.15) is 5.75 Å². The van der Waals surface area contributed by atoms with Crippen LogP contribution < -0.4 is 4.74 Å². The third-order valence-corrected chi connectivity index (χ3v) is 7.44. The summed E-state index contributed by atoms with van der Waals surface area (Å²) in [5.41, 5.74) is 0.320. The Labute approximate surface area is 156 Å². The summed E-state index contributed by atoms with van der Waals surface area (Å²) in [6, 6.07) is 4.81. The highest BCUT2D eigenvalue weighted by atomic mass is 32.2. The van der Waals surface area contributed by atoms with Crippen molar-refractivity contribution < 1.29 is 17.9 Å². The van der Waals surface area contributed by atoms with Gasteiger partial charge in [0.05, 0.1) is 17.6 Å². The van der Waals surface area contributed by atoms with E-state index in [0.29, 0.717) is 24.4 Å². The molecule has 3 rings (SSSR count). The number of carbonyl (C=O) groups is 1. The molecule has 1 saturated carbocycles. The number of ether oxygens (including phenoxy) is 1. The molecule has 1 heterocycles. The fourth-order valence-corrected chi connectivity index (χ4v) is 5.46. The number of hydrogen-bond acceptors (Lipinski definition) is 4. The average molecular weight is 381 g/mol. The molecule has 26 heavy (non-hydrogen) atoms. The van der Waals surface area contributed by atoms with Crippen molar-refractivity contribution in [3.05, 3.63) is 23.8 Å². The van der Waals surface area contributed by atoms with E-state index in [1.54, 1.807) is 18.0 Å². The molecule has 0 unspecified atom stereocenters. The van der Waals surface area contributed by atoms with Crippen molar-refractivity contribution in [2.75, 3.05) is 27.2 Å². The van der Waals surface area contributed by atoms with Gasteiger partial charge in [-0.25, -0.2) is 8.42 Å². The minimum absolute atomic E-state index is 0.167. The lowest BCUT2D eigenvalue weighted by Crippen LogP contribution is -2.38. The number of benzene rings is 1. The first kappa shape index (κ1) is 19.2. The largest absolute Gasteiger partial charge is 0.496 e. The molecule has 0 aromatic heterocycles. The van der Waals surface area contributed by atoms with E-state index in [0.717, 1.165) is 38.5 Å². The van der Waals surface area contributed by atoms with Crippen molar-refractivity contribution in [1.29, 1.82) is 0 Å². The van der Waals surface area contributed by atoms with Crippen molar-refractivity contribution in [2.45, 2.75) is 55.9 Å². The number of carbonyl (C=O) groups excluding carboxylic acids is 1. The number of amides is 1. The SMILES string of the molecule is COc1ccc(S(=O)(=O)N2CCCC2)cc1C(=O)N(C)C1CCCCC1. The van der Waals surface area contributed by atoms with Gasteiger partial charge in [0.25, 0.3) is 5.91 Å². The number of nitrogens with zero attached hydrogens (tertiary/aromatic N) is 2. The molecule has 2 aliphatic rings. The van der Waals surface area contributed by atoms with Crippen LogP contribution in [0.4, 0.5) is 0 Å². The van der Waals surface area contributed by atoms with E-state index in [2.05, 4.69) is 0 Å². The van der Waals surface area contributed by atoms with E-state index in [1.807, 2.05) is 0 Å². The summed E-state index contributed by atoms with van der Waals surface area (Å²) in [6.07, 6.45) is 7.22. The molecule has 0 N–H and O–H groups in total. The lowest BCUT2D eigenvalue weighted by Gasteiger charge is -2.31. The fraction of sp³-hybridized carbons (Fsp3) is 0.632. The van der Waals surface area contributed by atoms with Gasteiger partial charge in [-0.3, -0.25) is 4.79 Å². The van der Waals surface area contributed by atoms with Gasteiger partial charge in [-0.05, 0) is 43.9 Å². The van der Waals surface area contributed by atoms with Gasteiger partial charge in [0.2, 0.25) is 10.0 Å². The average Bonchev–Trinajstić information content (AvgIpc) is 3.22. The van der Waals surface area contributed by atoms with Crippen molar-refractivity contribution in [3.63, 3.8) is 0 Å². The van der Waals surface area contributed by atoms with Crippen LogP contribution in [0.15, 0.2) is 23.1 Å². The normalized spacial score (nSPS) is 19.5. The summed E-state index contributed by atoms with van der Waals surface area (Å²) in [6.45, 7) is 1.08. The Morgan fingerprint density at radius 2 is 1.77 bits per heavy atom. The van der Waals surface area contributed by atoms with E-state index in [-0.39, 0.29) is 16.8 Å². The van der Waals surface area contributed by atoms with E-state index in [1.165, 1.54) is 30.0 Å². The van der Waals surface area contributed by atoms with Crippen LogP contribution in [0.3, 0.4) is 0 Å². The van der Waals surface area contributed by atoms with Gasteiger partial charge in [0.15, 0.2) is 0 Å². The van der Waals surface area contributed by atoms with Crippen LogP contribution in [-0.4, -0.2) is 56.8 Å². The zero-order valence-corrected chi connectivity index (χ0v) is 16.4. The van der Waals surface area contributed by atoms with Crippen LogP contribution in [0.25, 0.3) is 0 Å². The Morgan fingerprint density at radius 3 is 2.38 bits per heavy atom. The lowest BCUT2D eigenvalue weighted by molar-refractivity contribution is 0.0692. The van der Waals surface area contributed by atoms with Gasteiger partial charge in [-0.15, -0.1) is 0 Å². The second-order valence-corrected chi connectivity index (χ2v) is 9.12. The highest BCUT2D eigenvalue weighted by molar-refractivity contribution is 7.89. The summed E-state index contributed by atoms with van der Waals surface area (Å²) in [5, 5.41) is 0. The van der Waals surface area contributed by atoms with E-state index >= 15 is 0 Å². The molecule has 0 radical (unpaired) electrons. The Balaban J connectivity index is 1.91. The van der Waals surface area contributed by atoms with Crippen LogP contribution >= 0.6 is 0 Å². The molecule has 0 bridgehead atoms. The van der Waals surface area contributed by atoms with Crippen molar-refractivity contribution in [3.8, 4) is 5.75 Å². The quantitative estimate of drug-likeness (QED) is 0.788. The summed E-state index contributed by atoms with van der Waals surface area (Å²) in [4.78, 5) is 15.0. The van der Waals surface area contributed by atoms with E-state index in [9.17, 15) is 13.2 Å². The zero-order valence-electron chi connectivity index (χ0n) is 15.6. The number of sulfonamides is 1. The first-order chi connectivity index (χ1) is 12.4. The van der Waals surface area contributed by atoms with Crippen LogP contribution in [0.2, 0.25) is 0 Å². The summed E-state index contributed by atoms with van der Waals surface area (Å²) in [5.74, 6) is 0.241. The number of methoxy groups -OCH3 is 1. The van der Waals surface area contributed by atoms with E-state index in [4.69, 9.17) is 4.74 Å². The molecule has 0 atom stereocenters. The van der Waals surface area contributed by atoms with E-state index < -0.39 is 10.0 Å². The van der Waals surface area contributed by atoms with Gasteiger partial charge in [-0.2, -0.15) is 4.31 Å². The van der Waals surface area contributed by atoms with Gasteiger partial charge in [0, 0.05) is 26.2 Å². The molecule has 1 aliphatic heterocycles. The van der Waals surface area contributed by atoms with Gasteiger partial charge in [-0.1, -0.05) is 19.3 Å². The molecule has 0 spiro atoms. The Kier molecular flexibility index (Phi) is 5.87. The first-order valence-electron chi connectivity index (χ1n) is 9.40. The lowest BCUT2D eigenvalue weighted by atomic mass is 9.94. The van der Waals surface area contributed by atoms with Gasteiger partial charge >= 0.3 is 0 Å². The standard InChI is InChI=1S/C19H28N2O4S/c1-20(15-8-4-3-5-9-15)19(22)17-14-16(10-11-18(17)25-2)26(23,24)21-12-6-7-13-21/h10-11,14-15H,3-9,12-13H2,1-2H3. The Hall–Kier alpha value is -1.60. The van der Waals surface area contributed by atoms with Gasteiger partial charge < -0.3 is 9.64 Å². The number of hydrogen-bond donors (Lipinski definition) is 0. The molecule has 144 valence electrons. The molecule has 1 saturated heterocycles. The highest BCUT2D eigenvalue weighted by Crippen LogP contribution is 2.29. The van der Waals surface area contributed by atoms with Crippen molar-refractivity contribution in [1.82, 2.24) is 9.21 Å². The maximum absolute atomic E-state index is 13.1. The molecule has 2 fully saturated rings. The first-order valence-corrected chi connectivity index (χ1v) is 10.8. The molecular formula is C19H28N2O4S. The molecule has 1 aromatic carbocycles. The van der Waals surface area contributed by atoms with Crippen molar-refractivity contribution in [2.24, 2.45) is 0 Å². The smallest absolute Gasteiger partial charge is 0.257 e. The predicted octanol–water partition coefficient (Wildman–Crippen LogP) is 2.88. The second-order valence-electron chi connectivity index (χ2n) is 7.18. The van der Waals surface area contributed by atoms with Crippen LogP contribution in [0.1, 0.15) is 55.3 Å². The molecule has 7 heteroatoms. The monoisotopic (exact) mass is 380 g/mol. The zero-order chi connectivity index (χ0) is 18.7. The second kappa shape index (κ2) is 7.96. The third kappa shape index (κ3) is 3.74. The molecule has 1 aliphatic carbocycles. The van der Waals surface area contributed by atoms with Crippen molar-refractivity contribution >= 4 is 15.9 Å². The van der Waals surface area contributed by atoms with Crippen LogP contribution in [0.5, 0.6) is 5.75 Å². The molecule has 1 aromatic rings. The fourth-order valence-electron chi connectivity index (χ4n) is 3.92. The highest BCUT2D eigenvalue weighted by Gasteiger charge is 2.30. The third-order valence-electron chi connectivity index (χ3n) is 5.55. The minimum atomic E-state index is -3.56. The van der Waals surface area contributed by atoms with Crippen LogP contribution in [0, 0.1) is 0 Å². The molecular weight excluding hydrogens is 352 g/mol. The molecule has 1 amide bonds. The Morgan fingerprint density at radius 1 is 1.12 bits per heavy atom. The molecule has 6 nitrogen and oxygen atoms in total. The van der Waals surface area contributed by atoms with Crippen LogP contribution in [-0.2, 0) is 10.0 Å². The summed E-state index contributed by atoms with van der Waals surface area (Å²) >= 11 is 0. The topological polar surface area (TPSA) is 66.9 Å². The maximum Gasteiger partial charge on any atom is 0.257 e. The summed E-state index contributed by atoms with van der Waals surface area (Å²) < 4.78 is 32.5. The summed E-state index contributed by atoms with van der Waals surface area (Å²) in [7, 11) is -0.257. The Bertz CT molecular complexity index is 751. The number of rotatable bonds is 5. The predicted molar refractivity (Wildman–Crippen MR) is 100.0 cm³/mol. The minimum Gasteiger partial charge on any atom is -0.496 e. The maximum atomic E-state index is 13.1.